The number of hydrogen-bond acceptors (Lipinski definition) is 10. The third-order valence-corrected chi connectivity index (χ3v) is 11.8. The topological polar surface area (TPSA) is 157 Å². The smallest absolute Gasteiger partial charge is 0.342 e. The van der Waals surface area contributed by atoms with Crippen LogP contribution in [0.4, 0.5) is 0 Å². The van der Waals surface area contributed by atoms with Gasteiger partial charge < -0.3 is 29.5 Å². The fourth-order valence-corrected chi connectivity index (χ4v) is 9.48. The van der Waals surface area contributed by atoms with Gasteiger partial charge >= 0.3 is 11.9 Å². The maximum Gasteiger partial charge on any atom is 0.342 e. The van der Waals surface area contributed by atoms with Crippen molar-refractivity contribution in [2.75, 3.05) is 0 Å². The van der Waals surface area contributed by atoms with Gasteiger partial charge in [-0.05, 0) is 50.0 Å². The Kier molecular flexibility index (Phi) is 4.31. The highest BCUT2D eigenvalue weighted by molar-refractivity contribution is 5.99. The fourth-order valence-electron chi connectivity index (χ4n) is 9.48. The van der Waals surface area contributed by atoms with Crippen LogP contribution in [0.3, 0.4) is 0 Å². The molecule has 12 atom stereocenters. The van der Waals surface area contributed by atoms with Crippen molar-refractivity contribution in [3.05, 3.63) is 23.8 Å². The molecule has 7 rings (SSSR count). The summed E-state index contributed by atoms with van der Waals surface area (Å²) in [7, 11) is 0. The Bertz CT molecular complexity index is 1300. The number of rotatable bonds is 0. The van der Waals surface area contributed by atoms with E-state index in [1.54, 1.807) is 32.9 Å². The van der Waals surface area contributed by atoms with Crippen molar-refractivity contribution in [3.63, 3.8) is 0 Å². The van der Waals surface area contributed by atoms with Crippen LogP contribution in [-0.4, -0.2) is 73.6 Å². The first-order valence-corrected chi connectivity index (χ1v) is 13.4. The van der Waals surface area contributed by atoms with Crippen molar-refractivity contribution in [3.8, 4) is 0 Å². The van der Waals surface area contributed by atoms with E-state index >= 15 is 0 Å². The number of Topliss-reactive ketones (excluding diaryl/α,β-unsaturated/α-hetero) is 2. The number of carbonyl (C=O) groups excluding carboxylic acids is 4. The monoisotopic (exact) mass is 528 g/mol. The van der Waals surface area contributed by atoms with Gasteiger partial charge in [-0.15, -0.1) is 0 Å². The molecule has 4 bridgehead atoms. The maximum atomic E-state index is 14.6. The number of aliphatic hydroxyl groups is 3. The van der Waals surface area contributed by atoms with Crippen LogP contribution in [-0.2, 0) is 33.4 Å². The molecule has 1 saturated carbocycles. The third kappa shape index (κ3) is 2.19. The molecule has 1 spiro atoms. The van der Waals surface area contributed by atoms with Gasteiger partial charge in [0, 0.05) is 6.42 Å². The van der Waals surface area contributed by atoms with Crippen molar-refractivity contribution < 1.29 is 48.7 Å². The zero-order chi connectivity index (χ0) is 27.4. The van der Waals surface area contributed by atoms with Crippen LogP contribution in [0.25, 0.3) is 0 Å². The molecular weight excluding hydrogens is 496 g/mol. The number of aliphatic hydroxyl groups excluding tert-OH is 1. The summed E-state index contributed by atoms with van der Waals surface area (Å²) in [5.41, 5.74) is -8.02. The average Bonchev–Trinajstić information content (AvgIpc) is 3.19. The molecule has 4 saturated heterocycles. The summed E-state index contributed by atoms with van der Waals surface area (Å²) in [6.45, 7) is 6.53. The van der Waals surface area contributed by atoms with E-state index in [2.05, 4.69) is 0 Å². The number of esters is 2. The Balaban J connectivity index is 1.52. The van der Waals surface area contributed by atoms with E-state index in [0.717, 1.165) is 0 Å². The zero-order valence-electron chi connectivity index (χ0n) is 21.7. The van der Waals surface area contributed by atoms with Gasteiger partial charge in [-0.2, -0.15) is 0 Å². The molecule has 204 valence electrons. The largest absolute Gasteiger partial charge is 0.458 e. The van der Waals surface area contributed by atoms with Crippen molar-refractivity contribution in [1.29, 1.82) is 0 Å². The van der Waals surface area contributed by atoms with E-state index in [9.17, 15) is 34.5 Å². The van der Waals surface area contributed by atoms with Crippen LogP contribution < -0.4 is 0 Å². The normalized spacial score (nSPS) is 58.1. The predicted molar refractivity (Wildman–Crippen MR) is 126 cm³/mol. The molecule has 38 heavy (non-hydrogen) atoms. The van der Waals surface area contributed by atoms with Crippen LogP contribution in [0.15, 0.2) is 23.8 Å². The number of allylic oxidation sites excluding steroid dienone is 3. The number of fused-ring (bicyclic) bond motifs is 9. The summed E-state index contributed by atoms with van der Waals surface area (Å²) in [4.78, 5) is 54.6. The van der Waals surface area contributed by atoms with E-state index in [0.29, 0.717) is 5.57 Å². The van der Waals surface area contributed by atoms with Crippen molar-refractivity contribution >= 4 is 23.5 Å². The Hall–Kier alpha value is -2.40. The van der Waals surface area contributed by atoms with Crippen LogP contribution in [0.1, 0.15) is 53.4 Å². The lowest BCUT2D eigenvalue weighted by Gasteiger charge is -2.61. The van der Waals surface area contributed by atoms with E-state index in [4.69, 9.17) is 14.2 Å². The lowest BCUT2D eigenvalue weighted by Crippen LogP contribution is -2.78. The van der Waals surface area contributed by atoms with Crippen molar-refractivity contribution in [2.24, 2.45) is 34.5 Å². The number of ether oxygens (including phenoxy) is 3. The number of ketones is 2. The number of hydrogen-bond donors (Lipinski definition) is 3. The van der Waals surface area contributed by atoms with Gasteiger partial charge in [0.2, 0.25) is 5.79 Å². The molecule has 0 aromatic heterocycles. The molecule has 7 aliphatic rings. The second-order valence-electron chi connectivity index (χ2n) is 13.1. The third-order valence-electron chi connectivity index (χ3n) is 11.8. The zero-order valence-corrected chi connectivity index (χ0v) is 21.7. The maximum absolute atomic E-state index is 14.6. The standard InChI is InChI=1S/C28H32O10/c1-12-21(32)36-17-11-23(12,2)19-20(31)27(35)18-14(24(3)13(10-15(18)29)6-5-7-16(24)30)8-9-26(34)22(33)37-25(17,4)28(19,26)38-27/h5-6,10,12,14-15,17-19,29,34-35H,7-9,11H2,1-4H3/t12-,14?,15-,17-,18+,19?,23-,24+,25+,26-,27+,28+/m1/s1. The molecule has 4 aliphatic heterocycles. The molecule has 10 nitrogen and oxygen atoms in total. The Morgan fingerprint density at radius 2 is 1.79 bits per heavy atom. The van der Waals surface area contributed by atoms with E-state index in [1.165, 1.54) is 13.0 Å². The highest BCUT2D eigenvalue weighted by Gasteiger charge is 2.92. The highest BCUT2D eigenvalue weighted by Crippen LogP contribution is 2.73. The second-order valence-corrected chi connectivity index (χ2v) is 13.1. The SMILES string of the molecule is C[C@@H]1C(=O)O[C@@H]2C[C@@]1(C)C1C(=O)[C@@]3(O)O[C@@]14[C@@](O)(CCC1[C@H]3[C@H](O)C=C3C=CCC(=O)[C@@]31C)C(=O)O[C@@]24C. The van der Waals surface area contributed by atoms with Gasteiger partial charge in [-0.3, -0.25) is 14.4 Å². The molecule has 0 radical (unpaired) electrons. The number of carbonyl (C=O) groups is 4. The van der Waals surface area contributed by atoms with Crippen LogP contribution in [0.5, 0.6) is 0 Å². The summed E-state index contributed by atoms with van der Waals surface area (Å²) < 4.78 is 18.0. The summed E-state index contributed by atoms with van der Waals surface area (Å²) in [5, 5.41) is 36.1. The summed E-state index contributed by atoms with van der Waals surface area (Å²) in [6, 6.07) is 0. The van der Waals surface area contributed by atoms with Gasteiger partial charge in [0.05, 0.1) is 29.3 Å². The Morgan fingerprint density at radius 1 is 1.08 bits per heavy atom. The molecule has 4 heterocycles. The van der Waals surface area contributed by atoms with E-state index < -0.39 is 87.0 Å². The van der Waals surface area contributed by atoms with Gasteiger partial charge in [-0.1, -0.05) is 32.1 Å². The van der Waals surface area contributed by atoms with Gasteiger partial charge in [0.15, 0.2) is 22.6 Å². The Morgan fingerprint density at radius 3 is 2.50 bits per heavy atom. The molecule has 3 aliphatic carbocycles. The van der Waals surface area contributed by atoms with Gasteiger partial charge in [0.1, 0.15) is 11.9 Å². The first kappa shape index (κ1) is 24.6. The first-order chi connectivity index (χ1) is 17.6. The summed E-state index contributed by atoms with van der Waals surface area (Å²) in [6.07, 6.45) is 2.64. The molecule has 0 amide bonds. The van der Waals surface area contributed by atoms with Gasteiger partial charge in [-0.25, -0.2) is 4.79 Å². The average molecular weight is 529 g/mol. The van der Waals surface area contributed by atoms with Crippen molar-refractivity contribution in [1.82, 2.24) is 0 Å². The molecular formula is C28H32O10. The quantitative estimate of drug-likeness (QED) is 0.379. The lowest BCUT2D eigenvalue weighted by molar-refractivity contribution is -0.350. The van der Waals surface area contributed by atoms with Crippen LogP contribution >= 0.6 is 0 Å². The van der Waals surface area contributed by atoms with E-state index in [1.807, 2.05) is 0 Å². The lowest BCUT2D eigenvalue weighted by atomic mass is 9.46. The molecule has 0 aromatic rings. The fraction of sp³-hybridized carbons (Fsp3) is 0.714. The predicted octanol–water partition coefficient (Wildman–Crippen LogP) is 0.510. The minimum absolute atomic E-state index is 0.0287. The molecule has 0 aromatic carbocycles. The molecule has 2 unspecified atom stereocenters. The van der Waals surface area contributed by atoms with Crippen LogP contribution in [0.2, 0.25) is 0 Å². The first-order valence-electron chi connectivity index (χ1n) is 13.4. The van der Waals surface area contributed by atoms with Crippen LogP contribution in [0, 0.1) is 34.5 Å². The minimum atomic E-state index is -2.67. The van der Waals surface area contributed by atoms with Crippen molar-refractivity contribution in [2.45, 2.75) is 88.2 Å². The molecule has 10 heteroatoms. The molecule has 3 N–H and O–H groups in total. The second kappa shape index (κ2) is 6.66. The summed E-state index contributed by atoms with van der Waals surface area (Å²) in [5.74, 6) is -9.49. The Labute approximate surface area is 219 Å². The minimum Gasteiger partial charge on any atom is -0.458 e. The summed E-state index contributed by atoms with van der Waals surface area (Å²) >= 11 is 0. The highest BCUT2D eigenvalue weighted by atomic mass is 16.7. The molecule has 5 fully saturated rings. The van der Waals surface area contributed by atoms with Gasteiger partial charge in [0.25, 0.3) is 0 Å². The van der Waals surface area contributed by atoms with E-state index in [-0.39, 0.29) is 31.5 Å².